The highest BCUT2D eigenvalue weighted by atomic mass is 35.5. The summed E-state index contributed by atoms with van der Waals surface area (Å²) in [6.45, 7) is 9.75. The van der Waals surface area contributed by atoms with Gasteiger partial charge in [-0.15, -0.1) is 0 Å². The van der Waals surface area contributed by atoms with Crippen molar-refractivity contribution in [2.24, 2.45) is 5.41 Å². The van der Waals surface area contributed by atoms with E-state index < -0.39 is 11.7 Å². The lowest BCUT2D eigenvalue weighted by Gasteiger charge is -2.42. The summed E-state index contributed by atoms with van der Waals surface area (Å²) in [5.41, 5.74) is -0.908. The van der Waals surface area contributed by atoms with Crippen LogP contribution >= 0.6 is 23.4 Å². The van der Waals surface area contributed by atoms with Crippen LogP contribution in [0.25, 0.3) is 10.8 Å². The molecule has 0 unspecified atom stereocenters. The molecule has 1 spiro atoms. The second-order valence-corrected chi connectivity index (χ2v) is 12.4. The number of halogens is 1. The van der Waals surface area contributed by atoms with Crippen molar-refractivity contribution >= 4 is 46.0 Å². The number of fused-ring (bicyclic) bond motifs is 1. The number of H-pyrrole nitrogens is 1. The highest BCUT2D eigenvalue weighted by Gasteiger charge is 2.50. The smallest absolute Gasteiger partial charge is 0.407 e. The van der Waals surface area contributed by atoms with Crippen LogP contribution in [0.5, 0.6) is 0 Å². The normalized spacial score (nSPS) is 21.1. The molecule has 5 rings (SSSR count). The number of nitrogens with one attached hydrogen (secondary N) is 2. The zero-order valence-corrected chi connectivity index (χ0v) is 23.5. The summed E-state index contributed by atoms with van der Waals surface area (Å²) in [6, 6.07) is 5.48. The molecular weight excluding hydrogens is 526 g/mol. The Balaban J connectivity index is 1.24. The van der Waals surface area contributed by atoms with E-state index >= 15 is 0 Å². The number of ether oxygens (including phenoxy) is 2. The number of aromatic amines is 1. The molecule has 11 heteroatoms. The summed E-state index contributed by atoms with van der Waals surface area (Å²) >= 11 is 7.93. The van der Waals surface area contributed by atoms with E-state index in [9.17, 15) is 9.59 Å². The number of piperidine rings is 1. The van der Waals surface area contributed by atoms with Gasteiger partial charge < -0.3 is 24.7 Å². The Morgan fingerprint density at radius 2 is 2.00 bits per heavy atom. The predicted octanol–water partition coefficient (Wildman–Crippen LogP) is 5.02. The van der Waals surface area contributed by atoms with E-state index in [2.05, 4.69) is 25.2 Å². The second-order valence-electron chi connectivity index (χ2n) is 11.0. The molecular formula is C27H32ClN5O4S. The molecule has 2 aromatic heterocycles. The zero-order chi connectivity index (χ0) is 27.1. The summed E-state index contributed by atoms with van der Waals surface area (Å²) in [4.78, 5) is 39.6. The lowest BCUT2D eigenvalue weighted by atomic mass is 9.73. The SMILES string of the molecule is C[C@@H]1OCC2(CCN(c3cnc(Sc4ccc5cc[nH]c(=O)c5c4Cl)cn3)CC2)[C@@H]1NC(=O)OC(C)(C)C. The van der Waals surface area contributed by atoms with Crippen molar-refractivity contribution < 1.29 is 14.3 Å². The molecule has 4 heterocycles. The van der Waals surface area contributed by atoms with Crippen molar-refractivity contribution in [1.82, 2.24) is 20.3 Å². The number of hydrogen-bond donors (Lipinski definition) is 2. The molecule has 0 bridgehead atoms. The first-order chi connectivity index (χ1) is 18.0. The van der Waals surface area contributed by atoms with Crippen LogP contribution in [0.3, 0.4) is 0 Å². The van der Waals surface area contributed by atoms with Crippen LogP contribution in [0.1, 0.15) is 40.5 Å². The van der Waals surface area contributed by atoms with Crippen molar-refractivity contribution in [2.45, 2.75) is 68.2 Å². The second kappa shape index (κ2) is 10.4. The number of nitrogens with zero attached hydrogens (tertiary/aromatic N) is 3. The fraction of sp³-hybridized carbons (Fsp3) is 0.481. The van der Waals surface area contributed by atoms with Crippen molar-refractivity contribution in [2.75, 3.05) is 24.6 Å². The van der Waals surface area contributed by atoms with Crippen LogP contribution in [0, 0.1) is 5.41 Å². The Morgan fingerprint density at radius 3 is 2.68 bits per heavy atom. The van der Waals surface area contributed by atoms with E-state index in [0.29, 0.717) is 22.0 Å². The van der Waals surface area contributed by atoms with E-state index in [4.69, 9.17) is 21.1 Å². The van der Waals surface area contributed by atoms with Crippen LogP contribution in [-0.2, 0) is 9.47 Å². The Bertz CT molecular complexity index is 1380. The van der Waals surface area contributed by atoms with Gasteiger partial charge in [-0.1, -0.05) is 29.4 Å². The average molecular weight is 558 g/mol. The van der Waals surface area contributed by atoms with Gasteiger partial charge in [0.1, 0.15) is 16.4 Å². The summed E-state index contributed by atoms with van der Waals surface area (Å²) < 4.78 is 11.5. The van der Waals surface area contributed by atoms with E-state index in [0.717, 1.165) is 42.0 Å². The van der Waals surface area contributed by atoms with Crippen molar-refractivity contribution in [3.8, 4) is 0 Å². The Hall–Kier alpha value is -2.82. The molecule has 1 aromatic carbocycles. The van der Waals surface area contributed by atoms with Crippen molar-refractivity contribution in [3.05, 3.63) is 52.2 Å². The fourth-order valence-corrected chi connectivity index (χ4v) is 6.40. The number of carbonyl (C=O) groups excluding carboxylic acids is 1. The Labute approximate surface area is 230 Å². The Kier molecular flexibility index (Phi) is 7.32. The largest absolute Gasteiger partial charge is 0.444 e. The number of alkyl carbamates (subject to hydrolysis) is 1. The molecule has 0 radical (unpaired) electrons. The van der Waals surface area contributed by atoms with Crippen LogP contribution in [0.15, 0.2) is 51.5 Å². The molecule has 2 atom stereocenters. The number of carbonyl (C=O) groups is 1. The summed E-state index contributed by atoms with van der Waals surface area (Å²) in [6.07, 6.45) is 6.34. The van der Waals surface area contributed by atoms with Gasteiger partial charge in [0, 0.05) is 29.6 Å². The fourth-order valence-electron chi connectivity index (χ4n) is 5.26. The van der Waals surface area contributed by atoms with Crippen LogP contribution < -0.4 is 15.8 Å². The predicted molar refractivity (Wildman–Crippen MR) is 148 cm³/mol. The van der Waals surface area contributed by atoms with Gasteiger partial charge in [0.2, 0.25) is 0 Å². The molecule has 2 fully saturated rings. The standard InChI is InChI=1S/C27H32ClN5O4S/c1-16-23(32-25(35)37-26(2,3)4)27(15-36-16)8-11-33(12-9-27)19-13-31-20(14-30-19)38-18-6-5-17-7-10-29-24(34)21(17)22(18)28/h5-7,10,13-14,16,23H,8-9,11-12,15H2,1-4H3,(H,29,34)(H,32,35)/t16-,23+/m0/s1. The first-order valence-electron chi connectivity index (χ1n) is 12.7. The summed E-state index contributed by atoms with van der Waals surface area (Å²) in [5.74, 6) is 0.800. The quantitative estimate of drug-likeness (QED) is 0.460. The lowest BCUT2D eigenvalue weighted by molar-refractivity contribution is 0.0434. The monoisotopic (exact) mass is 557 g/mol. The first-order valence-corrected chi connectivity index (χ1v) is 13.9. The molecule has 0 saturated carbocycles. The number of anilines is 1. The molecule has 202 valence electrons. The van der Waals surface area contributed by atoms with Gasteiger partial charge in [0.05, 0.1) is 41.6 Å². The third-order valence-corrected chi connectivity index (χ3v) is 8.68. The molecule has 3 aromatic rings. The van der Waals surface area contributed by atoms with Crippen LogP contribution in [0.4, 0.5) is 10.6 Å². The number of benzene rings is 1. The number of pyridine rings is 1. The molecule has 2 saturated heterocycles. The van der Waals surface area contributed by atoms with Crippen LogP contribution in [-0.4, -0.2) is 58.5 Å². The van der Waals surface area contributed by atoms with Crippen molar-refractivity contribution in [1.29, 1.82) is 0 Å². The maximum atomic E-state index is 12.5. The first kappa shape index (κ1) is 26.8. The molecule has 1 amide bonds. The van der Waals surface area contributed by atoms with Gasteiger partial charge in [0.25, 0.3) is 5.56 Å². The number of amides is 1. The van der Waals surface area contributed by atoms with Gasteiger partial charge in [-0.3, -0.25) is 4.79 Å². The summed E-state index contributed by atoms with van der Waals surface area (Å²) in [5, 5.41) is 5.44. The van der Waals surface area contributed by atoms with Crippen molar-refractivity contribution in [3.63, 3.8) is 0 Å². The highest BCUT2D eigenvalue weighted by molar-refractivity contribution is 7.99. The number of hydrogen-bond acceptors (Lipinski definition) is 8. The topological polar surface area (TPSA) is 109 Å². The molecule has 0 aliphatic carbocycles. The Morgan fingerprint density at radius 1 is 1.24 bits per heavy atom. The minimum Gasteiger partial charge on any atom is -0.444 e. The number of aromatic nitrogens is 3. The summed E-state index contributed by atoms with van der Waals surface area (Å²) in [7, 11) is 0. The van der Waals surface area contributed by atoms with E-state index in [-0.39, 0.29) is 23.1 Å². The minimum absolute atomic E-state index is 0.0808. The third kappa shape index (κ3) is 5.48. The van der Waals surface area contributed by atoms with E-state index in [1.54, 1.807) is 18.6 Å². The molecule has 2 N–H and O–H groups in total. The average Bonchev–Trinajstić information content (AvgIpc) is 3.15. The van der Waals surface area contributed by atoms with Gasteiger partial charge in [-0.05, 0) is 58.1 Å². The van der Waals surface area contributed by atoms with Gasteiger partial charge in [-0.2, -0.15) is 0 Å². The van der Waals surface area contributed by atoms with E-state index in [1.807, 2.05) is 45.9 Å². The maximum Gasteiger partial charge on any atom is 0.407 e. The van der Waals surface area contributed by atoms with E-state index in [1.165, 1.54) is 11.8 Å². The molecule has 2 aliphatic rings. The third-order valence-electron chi connectivity index (χ3n) is 7.19. The minimum atomic E-state index is -0.552. The molecule has 9 nitrogen and oxygen atoms in total. The molecule has 2 aliphatic heterocycles. The highest BCUT2D eigenvalue weighted by Crippen LogP contribution is 2.43. The van der Waals surface area contributed by atoms with Gasteiger partial charge in [-0.25, -0.2) is 14.8 Å². The zero-order valence-electron chi connectivity index (χ0n) is 21.9. The maximum absolute atomic E-state index is 12.5. The van der Waals surface area contributed by atoms with Gasteiger partial charge in [0.15, 0.2) is 0 Å². The van der Waals surface area contributed by atoms with Crippen LogP contribution in [0.2, 0.25) is 5.02 Å². The number of rotatable bonds is 4. The molecule has 38 heavy (non-hydrogen) atoms. The van der Waals surface area contributed by atoms with Gasteiger partial charge >= 0.3 is 6.09 Å². The lowest BCUT2D eigenvalue weighted by Crippen LogP contribution is -2.55.